The highest BCUT2D eigenvalue weighted by molar-refractivity contribution is 5.68. The number of nitrogens with zero attached hydrogens (tertiary/aromatic N) is 1. The first-order valence-electron chi connectivity index (χ1n) is 5.65. The van der Waals surface area contributed by atoms with E-state index >= 15 is 0 Å². The van der Waals surface area contributed by atoms with Crippen molar-refractivity contribution in [2.45, 2.75) is 6.18 Å². The average molecular weight is 266 g/mol. The van der Waals surface area contributed by atoms with E-state index in [-0.39, 0.29) is 11.4 Å². The smallest absolute Gasteiger partial charge is 0.399 e. The molecule has 0 aliphatic heterocycles. The molecule has 0 aromatic heterocycles. The second kappa shape index (κ2) is 4.84. The van der Waals surface area contributed by atoms with Gasteiger partial charge >= 0.3 is 6.18 Å². The first-order valence-corrected chi connectivity index (χ1v) is 5.65. The Morgan fingerprint density at radius 1 is 1.00 bits per heavy atom. The van der Waals surface area contributed by atoms with Gasteiger partial charge < -0.3 is 10.6 Å². The van der Waals surface area contributed by atoms with Crippen LogP contribution >= 0.6 is 0 Å². The number of nitrogens with two attached hydrogens (primary N) is 1. The molecule has 2 nitrogen and oxygen atoms in total. The molecule has 0 aliphatic rings. The van der Waals surface area contributed by atoms with Crippen molar-refractivity contribution in [1.29, 1.82) is 0 Å². The van der Waals surface area contributed by atoms with Gasteiger partial charge in [0, 0.05) is 18.4 Å². The lowest BCUT2D eigenvalue weighted by Crippen LogP contribution is -2.16. The molecule has 0 radical (unpaired) electrons. The number of hydrogen-bond acceptors (Lipinski definition) is 2. The first kappa shape index (κ1) is 13.3. The maximum Gasteiger partial charge on any atom is 0.418 e. The van der Waals surface area contributed by atoms with E-state index in [1.807, 2.05) is 6.07 Å². The van der Waals surface area contributed by atoms with Gasteiger partial charge in [0.25, 0.3) is 0 Å². The lowest BCUT2D eigenvalue weighted by atomic mass is 10.1. The quantitative estimate of drug-likeness (QED) is 0.831. The van der Waals surface area contributed by atoms with Crippen LogP contribution in [0, 0.1) is 0 Å². The van der Waals surface area contributed by atoms with E-state index in [1.165, 1.54) is 17.0 Å². The summed E-state index contributed by atoms with van der Waals surface area (Å²) in [6, 6.07) is 12.6. The van der Waals surface area contributed by atoms with Crippen LogP contribution in [0.2, 0.25) is 0 Å². The van der Waals surface area contributed by atoms with E-state index in [0.717, 1.165) is 6.07 Å². The van der Waals surface area contributed by atoms with Crippen LogP contribution in [0.4, 0.5) is 30.2 Å². The van der Waals surface area contributed by atoms with Crippen LogP contribution < -0.4 is 10.6 Å². The van der Waals surface area contributed by atoms with Gasteiger partial charge in [0.05, 0.1) is 11.3 Å². The maximum atomic E-state index is 13.0. The first-order chi connectivity index (χ1) is 8.89. The van der Waals surface area contributed by atoms with Crippen LogP contribution in [0.3, 0.4) is 0 Å². The summed E-state index contributed by atoms with van der Waals surface area (Å²) >= 11 is 0. The topological polar surface area (TPSA) is 29.3 Å². The number of para-hydroxylation sites is 1. The molecule has 2 aromatic carbocycles. The van der Waals surface area contributed by atoms with Gasteiger partial charge in [-0.15, -0.1) is 0 Å². The van der Waals surface area contributed by atoms with Crippen LogP contribution in [0.1, 0.15) is 5.56 Å². The van der Waals surface area contributed by atoms with E-state index in [0.29, 0.717) is 5.69 Å². The van der Waals surface area contributed by atoms with E-state index in [9.17, 15) is 13.2 Å². The third-order valence-corrected chi connectivity index (χ3v) is 2.83. The molecular weight excluding hydrogens is 253 g/mol. The second-order valence-electron chi connectivity index (χ2n) is 4.17. The molecule has 0 saturated heterocycles. The number of nitrogen functional groups attached to an aromatic ring is 1. The van der Waals surface area contributed by atoms with E-state index < -0.39 is 11.7 Å². The highest BCUT2D eigenvalue weighted by Crippen LogP contribution is 2.39. The summed E-state index contributed by atoms with van der Waals surface area (Å²) < 4.78 is 39.1. The monoisotopic (exact) mass is 266 g/mol. The Morgan fingerprint density at radius 2 is 1.63 bits per heavy atom. The Kier molecular flexibility index (Phi) is 3.38. The van der Waals surface area contributed by atoms with Gasteiger partial charge in [0.1, 0.15) is 0 Å². The van der Waals surface area contributed by atoms with Crippen LogP contribution in [-0.2, 0) is 6.18 Å². The van der Waals surface area contributed by atoms with Crippen molar-refractivity contribution >= 4 is 17.1 Å². The fourth-order valence-corrected chi connectivity index (χ4v) is 1.86. The van der Waals surface area contributed by atoms with Crippen LogP contribution in [0.5, 0.6) is 0 Å². The predicted octanol–water partition coefficient (Wildman–Crippen LogP) is 4.06. The molecule has 2 rings (SSSR count). The summed E-state index contributed by atoms with van der Waals surface area (Å²) in [5.41, 5.74) is 5.56. The third-order valence-electron chi connectivity index (χ3n) is 2.83. The van der Waals surface area contributed by atoms with Crippen LogP contribution in [0.15, 0.2) is 48.5 Å². The molecule has 19 heavy (non-hydrogen) atoms. The average Bonchev–Trinajstić information content (AvgIpc) is 2.38. The standard InChI is InChI=1S/C14H13F3N2/c1-19(11-5-3-2-4-6-11)13-8-7-10(18)9-12(13)14(15,16)17/h2-9H,18H2,1H3. The molecule has 2 aromatic rings. The summed E-state index contributed by atoms with van der Waals surface area (Å²) in [4.78, 5) is 1.49. The SMILES string of the molecule is CN(c1ccccc1)c1ccc(N)cc1C(F)(F)F. The molecule has 0 bridgehead atoms. The molecule has 2 N–H and O–H groups in total. The van der Waals surface area contributed by atoms with E-state index in [4.69, 9.17) is 5.73 Å². The highest BCUT2D eigenvalue weighted by atomic mass is 19.4. The highest BCUT2D eigenvalue weighted by Gasteiger charge is 2.34. The molecule has 0 saturated carbocycles. The predicted molar refractivity (Wildman–Crippen MR) is 70.4 cm³/mol. The van der Waals surface area contributed by atoms with Gasteiger partial charge in [-0.2, -0.15) is 13.2 Å². The Hall–Kier alpha value is -2.17. The minimum Gasteiger partial charge on any atom is -0.399 e. The zero-order chi connectivity index (χ0) is 14.0. The molecule has 0 fully saturated rings. The lowest BCUT2D eigenvalue weighted by molar-refractivity contribution is -0.137. The number of benzene rings is 2. The summed E-state index contributed by atoms with van der Waals surface area (Å²) in [6.07, 6.45) is -4.44. The second-order valence-corrected chi connectivity index (χ2v) is 4.17. The van der Waals surface area contributed by atoms with E-state index in [2.05, 4.69) is 0 Å². The number of alkyl halides is 3. The van der Waals surface area contributed by atoms with Crippen molar-refractivity contribution in [3.8, 4) is 0 Å². The van der Waals surface area contributed by atoms with Gasteiger partial charge in [-0.05, 0) is 30.3 Å². The number of hydrogen-bond donors (Lipinski definition) is 1. The summed E-state index contributed by atoms with van der Waals surface area (Å²) in [7, 11) is 1.59. The maximum absolute atomic E-state index is 13.0. The Morgan fingerprint density at radius 3 is 2.21 bits per heavy atom. The normalized spacial score (nSPS) is 11.4. The molecule has 0 aliphatic carbocycles. The fraction of sp³-hybridized carbons (Fsp3) is 0.143. The summed E-state index contributed by atoms with van der Waals surface area (Å²) in [6.45, 7) is 0. The van der Waals surface area contributed by atoms with Gasteiger partial charge in [-0.25, -0.2) is 0 Å². The minimum absolute atomic E-state index is 0.0768. The molecule has 100 valence electrons. The van der Waals surface area contributed by atoms with Crippen LogP contribution in [-0.4, -0.2) is 7.05 Å². The van der Waals surface area contributed by atoms with Crippen molar-refractivity contribution in [1.82, 2.24) is 0 Å². The van der Waals surface area contributed by atoms with Crippen molar-refractivity contribution in [2.75, 3.05) is 17.7 Å². The van der Waals surface area contributed by atoms with Gasteiger partial charge in [0.2, 0.25) is 0 Å². The third kappa shape index (κ3) is 2.81. The number of rotatable bonds is 2. The number of anilines is 3. The largest absolute Gasteiger partial charge is 0.418 e. The minimum atomic E-state index is -4.44. The zero-order valence-corrected chi connectivity index (χ0v) is 10.3. The Labute approximate surface area is 109 Å². The van der Waals surface area contributed by atoms with E-state index in [1.54, 1.807) is 31.3 Å². The molecule has 0 atom stereocenters. The van der Waals surface area contributed by atoms with Crippen LogP contribution in [0.25, 0.3) is 0 Å². The van der Waals surface area contributed by atoms with Gasteiger partial charge in [-0.3, -0.25) is 0 Å². The van der Waals surface area contributed by atoms with Crippen molar-refractivity contribution in [2.24, 2.45) is 0 Å². The van der Waals surface area contributed by atoms with Crippen molar-refractivity contribution < 1.29 is 13.2 Å². The molecule has 0 amide bonds. The summed E-state index contributed by atoms with van der Waals surface area (Å²) in [5.74, 6) is 0. The zero-order valence-electron chi connectivity index (χ0n) is 10.3. The Balaban J connectivity index is 2.51. The van der Waals surface area contributed by atoms with Crippen molar-refractivity contribution in [3.05, 3.63) is 54.1 Å². The van der Waals surface area contributed by atoms with Crippen molar-refractivity contribution in [3.63, 3.8) is 0 Å². The molecule has 0 spiro atoms. The molecule has 0 heterocycles. The van der Waals surface area contributed by atoms with Gasteiger partial charge in [-0.1, -0.05) is 18.2 Å². The van der Waals surface area contributed by atoms with Gasteiger partial charge in [0.15, 0.2) is 0 Å². The summed E-state index contributed by atoms with van der Waals surface area (Å²) in [5, 5.41) is 0. The number of halogens is 3. The molecular formula is C14H13F3N2. The Bertz CT molecular complexity index is 565. The fourth-order valence-electron chi connectivity index (χ4n) is 1.86. The molecule has 5 heteroatoms. The lowest BCUT2D eigenvalue weighted by Gasteiger charge is -2.24. The molecule has 0 unspecified atom stereocenters.